The normalized spacial score (nSPS) is 11.2. The molecule has 0 aliphatic rings. The average Bonchev–Trinajstić information content (AvgIpc) is 2.99. The molecule has 0 saturated heterocycles. The number of rotatable bonds is 3. The van der Waals surface area contributed by atoms with Crippen LogP contribution in [0.15, 0.2) is 53.5 Å². The van der Waals surface area contributed by atoms with Crippen LogP contribution in [-0.2, 0) is 6.54 Å². The third kappa shape index (κ3) is 2.32. The van der Waals surface area contributed by atoms with Crippen LogP contribution >= 0.6 is 0 Å². The largest absolute Gasteiger partial charge is 0.497 e. The van der Waals surface area contributed by atoms with E-state index in [-0.39, 0.29) is 5.43 Å². The molecule has 0 aliphatic heterocycles. The standard InChI is InChI=1S/C18H14FN3O2/c1-24-13-5-2-11(3-6-13)10-22-18-15(9-20-22)17(23)14-8-12(19)4-7-16(14)21-18/h2-9H,10H2,1H3,(H,21,23). The lowest BCUT2D eigenvalue weighted by Crippen LogP contribution is -2.07. The number of fused-ring (bicyclic) bond motifs is 2. The lowest BCUT2D eigenvalue weighted by Gasteiger charge is -2.06. The predicted octanol–water partition coefficient (Wildman–Crippen LogP) is 3.07. The Morgan fingerprint density at radius 1 is 1.17 bits per heavy atom. The SMILES string of the molecule is COc1ccc(Cn2ncc3c(=O)c4cc(F)ccc4[nH]c32)cc1. The predicted molar refractivity (Wildman–Crippen MR) is 89.9 cm³/mol. The van der Waals surface area contributed by atoms with E-state index < -0.39 is 5.82 Å². The van der Waals surface area contributed by atoms with E-state index in [0.717, 1.165) is 11.3 Å². The molecular weight excluding hydrogens is 309 g/mol. The van der Waals surface area contributed by atoms with Crippen LogP contribution in [0.25, 0.3) is 21.9 Å². The number of hydrogen-bond donors (Lipinski definition) is 1. The van der Waals surface area contributed by atoms with Gasteiger partial charge in [0.25, 0.3) is 0 Å². The Hall–Kier alpha value is -3.15. The number of benzene rings is 2. The highest BCUT2D eigenvalue weighted by molar-refractivity contribution is 5.90. The molecule has 24 heavy (non-hydrogen) atoms. The van der Waals surface area contributed by atoms with Crippen LogP contribution in [0, 0.1) is 5.82 Å². The minimum atomic E-state index is -0.432. The summed E-state index contributed by atoms with van der Waals surface area (Å²) in [7, 11) is 1.62. The van der Waals surface area contributed by atoms with Gasteiger partial charge in [0.15, 0.2) is 0 Å². The molecule has 2 aromatic carbocycles. The third-order valence-electron chi connectivity index (χ3n) is 4.05. The van der Waals surface area contributed by atoms with Crippen LogP contribution < -0.4 is 10.2 Å². The number of halogens is 1. The molecule has 0 spiro atoms. The number of methoxy groups -OCH3 is 1. The Morgan fingerprint density at radius 3 is 2.71 bits per heavy atom. The summed E-state index contributed by atoms with van der Waals surface area (Å²) in [6.45, 7) is 0.510. The van der Waals surface area contributed by atoms with Crippen molar-refractivity contribution in [1.29, 1.82) is 0 Å². The van der Waals surface area contributed by atoms with E-state index in [2.05, 4.69) is 10.1 Å². The summed E-state index contributed by atoms with van der Waals surface area (Å²) < 4.78 is 20.3. The molecule has 4 aromatic rings. The molecule has 120 valence electrons. The van der Waals surface area contributed by atoms with Gasteiger partial charge in [0.05, 0.1) is 30.8 Å². The van der Waals surface area contributed by atoms with Crippen LogP contribution in [0.4, 0.5) is 4.39 Å². The quantitative estimate of drug-likeness (QED) is 0.630. The van der Waals surface area contributed by atoms with Gasteiger partial charge in [-0.25, -0.2) is 9.07 Å². The van der Waals surface area contributed by atoms with Gasteiger partial charge in [-0.15, -0.1) is 0 Å². The summed E-state index contributed by atoms with van der Waals surface area (Å²) >= 11 is 0. The molecule has 0 radical (unpaired) electrons. The van der Waals surface area contributed by atoms with Crippen LogP contribution in [0.3, 0.4) is 0 Å². The molecule has 0 atom stereocenters. The zero-order chi connectivity index (χ0) is 16.7. The highest BCUT2D eigenvalue weighted by atomic mass is 19.1. The fraction of sp³-hybridized carbons (Fsp3) is 0.111. The molecule has 0 saturated carbocycles. The van der Waals surface area contributed by atoms with Crippen molar-refractivity contribution in [3.63, 3.8) is 0 Å². The number of ether oxygens (including phenoxy) is 1. The minimum Gasteiger partial charge on any atom is -0.497 e. The number of nitrogens with zero attached hydrogens (tertiary/aromatic N) is 2. The topological polar surface area (TPSA) is 59.9 Å². The van der Waals surface area contributed by atoms with E-state index in [1.165, 1.54) is 18.3 Å². The summed E-state index contributed by atoms with van der Waals surface area (Å²) in [5.41, 5.74) is 2.01. The van der Waals surface area contributed by atoms with Gasteiger partial charge < -0.3 is 9.72 Å². The van der Waals surface area contributed by atoms with Crippen molar-refractivity contribution in [2.24, 2.45) is 0 Å². The second-order valence-corrected chi connectivity index (χ2v) is 5.56. The molecule has 5 nitrogen and oxygen atoms in total. The highest BCUT2D eigenvalue weighted by Crippen LogP contribution is 2.17. The van der Waals surface area contributed by atoms with Crippen LogP contribution in [0.2, 0.25) is 0 Å². The monoisotopic (exact) mass is 323 g/mol. The van der Waals surface area contributed by atoms with E-state index in [4.69, 9.17) is 4.74 Å². The number of nitrogens with one attached hydrogen (secondary N) is 1. The van der Waals surface area contributed by atoms with Gasteiger partial charge in [0.2, 0.25) is 5.43 Å². The molecule has 2 aromatic heterocycles. The maximum atomic E-state index is 13.4. The first-order valence-electron chi connectivity index (χ1n) is 7.46. The number of aromatic nitrogens is 3. The molecule has 4 rings (SSSR count). The Balaban J connectivity index is 1.83. The van der Waals surface area contributed by atoms with Gasteiger partial charge in [-0.1, -0.05) is 12.1 Å². The summed E-state index contributed by atoms with van der Waals surface area (Å²) in [5.74, 6) is 0.350. The fourth-order valence-electron chi connectivity index (χ4n) is 2.79. The van der Waals surface area contributed by atoms with Gasteiger partial charge in [-0.3, -0.25) is 4.79 Å². The second kappa shape index (κ2) is 5.49. The number of H-pyrrole nitrogens is 1. The van der Waals surface area contributed by atoms with Crippen LogP contribution in [0.1, 0.15) is 5.56 Å². The molecular formula is C18H14FN3O2. The van der Waals surface area contributed by atoms with Crippen molar-refractivity contribution in [1.82, 2.24) is 14.8 Å². The van der Waals surface area contributed by atoms with Gasteiger partial charge in [0.1, 0.15) is 17.2 Å². The highest BCUT2D eigenvalue weighted by Gasteiger charge is 2.11. The van der Waals surface area contributed by atoms with Gasteiger partial charge in [-0.2, -0.15) is 5.10 Å². The Morgan fingerprint density at radius 2 is 1.96 bits per heavy atom. The molecule has 0 aliphatic carbocycles. The first-order chi connectivity index (χ1) is 11.7. The first-order valence-corrected chi connectivity index (χ1v) is 7.46. The van der Waals surface area contributed by atoms with Gasteiger partial charge >= 0.3 is 0 Å². The summed E-state index contributed by atoms with van der Waals surface area (Å²) in [4.78, 5) is 15.7. The number of hydrogen-bond acceptors (Lipinski definition) is 3. The summed E-state index contributed by atoms with van der Waals surface area (Å²) in [6.07, 6.45) is 1.52. The summed E-state index contributed by atoms with van der Waals surface area (Å²) in [6, 6.07) is 11.8. The van der Waals surface area contributed by atoms with Gasteiger partial charge in [0, 0.05) is 5.39 Å². The van der Waals surface area contributed by atoms with Crippen molar-refractivity contribution in [3.05, 3.63) is 70.3 Å². The van der Waals surface area contributed by atoms with Gasteiger partial charge in [-0.05, 0) is 35.9 Å². The van der Waals surface area contributed by atoms with Crippen LogP contribution in [0.5, 0.6) is 5.75 Å². The van der Waals surface area contributed by atoms with Crippen molar-refractivity contribution in [2.45, 2.75) is 6.54 Å². The fourth-order valence-corrected chi connectivity index (χ4v) is 2.79. The molecule has 2 heterocycles. The second-order valence-electron chi connectivity index (χ2n) is 5.56. The van der Waals surface area contributed by atoms with Crippen molar-refractivity contribution < 1.29 is 9.13 Å². The van der Waals surface area contributed by atoms with Crippen molar-refractivity contribution in [2.75, 3.05) is 7.11 Å². The number of aromatic amines is 1. The van der Waals surface area contributed by atoms with E-state index in [9.17, 15) is 9.18 Å². The maximum absolute atomic E-state index is 13.4. The maximum Gasteiger partial charge on any atom is 0.200 e. The summed E-state index contributed by atoms with van der Waals surface area (Å²) in [5, 5.41) is 5.07. The lowest BCUT2D eigenvalue weighted by atomic mass is 10.2. The smallest absolute Gasteiger partial charge is 0.200 e. The molecule has 6 heteroatoms. The van der Waals surface area contributed by atoms with Crippen molar-refractivity contribution in [3.8, 4) is 5.75 Å². The Kier molecular flexibility index (Phi) is 3.30. The van der Waals surface area contributed by atoms with Crippen LogP contribution in [-0.4, -0.2) is 21.9 Å². The van der Waals surface area contributed by atoms with E-state index in [1.54, 1.807) is 17.9 Å². The Bertz CT molecular complexity index is 1100. The Labute approximate surface area is 136 Å². The molecule has 0 bridgehead atoms. The zero-order valence-electron chi connectivity index (χ0n) is 12.9. The zero-order valence-corrected chi connectivity index (χ0v) is 12.9. The van der Waals surface area contributed by atoms with Crippen molar-refractivity contribution >= 4 is 21.9 Å². The molecule has 0 unspecified atom stereocenters. The number of pyridine rings is 1. The van der Waals surface area contributed by atoms with E-state index in [0.29, 0.717) is 28.5 Å². The third-order valence-corrected chi connectivity index (χ3v) is 4.05. The molecule has 1 N–H and O–H groups in total. The molecule has 0 amide bonds. The lowest BCUT2D eigenvalue weighted by molar-refractivity contribution is 0.414. The molecule has 0 fully saturated rings. The average molecular weight is 323 g/mol. The van der Waals surface area contributed by atoms with E-state index >= 15 is 0 Å². The first kappa shape index (κ1) is 14.4. The van der Waals surface area contributed by atoms with E-state index in [1.807, 2.05) is 24.3 Å². The minimum absolute atomic E-state index is 0.223.